The van der Waals surface area contributed by atoms with E-state index in [9.17, 15) is 8.78 Å². The minimum Gasteiger partial charge on any atom is -0.485 e. The van der Waals surface area contributed by atoms with Gasteiger partial charge in [0.25, 0.3) is 0 Å². The summed E-state index contributed by atoms with van der Waals surface area (Å²) in [6.07, 6.45) is 0.155. The van der Waals surface area contributed by atoms with Crippen molar-refractivity contribution in [3.8, 4) is 5.75 Å². The van der Waals surface area contributed by atoms with Gasteiger partial charge in [-0.3, -0.25) is 0 Å². The van der Waals surface area contributed by atoms with Crippen LogP contribution in [0, 0.1) is 11.6 Å². The SMILES string of the molecule is N[C@H]1CC(c2ccc(F)c(F)c2)Oc2ccc(Br)cc21. The van der Waals surface area contributed by atoms with E-state index in [1.54, 1.807) is 0 Å². The van der Waals surface area contributed by atoms with E-state index in [1.165, 1.54) is 6.07 Å². The second kappa shape index (κ2) is 5.14. The lowest BCUT2D eigenvalue weighted by atomic mass is 9.93. The van der Waals surface area contributed by atoms with Crippen molar-refractivity contribution in [3.63, 3.8) is 0 Å². The first-order chi connectivity index (χ1) is 9.54. The summed E-state index contributed by atoms with van der Waals surface area (Å²) in [5, 5.41) is 0. The van der Waals surface area contributed by atoms with Gasteiger partial charge in [0, 0.05) is 22.5 Å². The highest BCUT2D eigenvalue weighted by molar-refractivity contribution is 9.10. The summed E-state index contributed by atoms with van der Waals surface area (Å²) in [4.78, 5) is 0. The molecule has 3 rings (SSSR count). The predicted octanol–water partition coefficient (Wildman–Crippen LogP) is 4.25. The van der Waals surface area contributed by atoms with E-state index < -0.39 is 11.6 Å². The first kappa shape index (κ1) is 13.5. The Morgan fingerprint density at radius 3 is 2.65 bits per heavy atom. The lowest BCUT2D eigenvalue weighted by Gasteiger charge is -2.30. The molecule has 2 aromatic carbocycles. The van der Waals surface area contributed by atoms with Crippen molar-refractivity contribution in [2.45, 2.75) is 18.6 Å². The standard InChI is InChI=1S/C15H12BrF2NO/c16-9-2-4-14-10(6-9)13(19)7-15(20-14)8-1-3-11(17)12(18)5-8/h1-6,13,15H,7,19H2/t13-,15?/m0/s1. The minimum atomic E-state index is -0.874. The minimum absolute atomic E-state index is 0.200. The smallest absolute Gasteiger partial charge is 0.159 e. The number of benzene rings is 2. The van der Waals surface area contributed by atoms with Gasteiger partial charge in [-0.25, -0.2) is 8.78 Å². The molecule has 5 heteroatoms. The fraction of sp³-hybridized carbons (Fsp3) is 0.200. The Hall–Kier alpha value is -1.46. The molecule has 0 saturated carbocycles. The lowest BCUT2D eigenvalue weighted by molar-refractivity contribution is 0.161. The number of nitrogens with two attached hydrogens (primary N) is 1. The molecule has 0 radical (unpaired) electrons. The fourth-order valence-corrected chi connectivity index (χ4v) is 2.77. The summed E-state index contributed by atoms with van der Waals surface area (Å²) in [5.41, 5.74) is 7.65. The normalized spacial score (nSPS) is 21.2. The van der Waals surface area contributed by atoms with Crippen LogP contribution in [0.4, 0.5) is 8.78 Å². The third-order valence-electron chi connectivity index (χ3n) is 3.42. The van der Waals surface area contributed by atoms with E-state index in [-0.39, 0.29) is 12.1 Å². The lowest BCUT2D eigenvalue weighted by Crippen LogP contribution is -2.24. The molecular formula is C15H12BrF2NO. The van der Waals surface area contributed by atoms with Crippen molar-refractivity contribution in [2.24, 2.45) is 5.73 Å². The first-order valence-electron chi connectivity index (χ1n) is 6.21. The van der Waals surface area contributed by atoms with Gasteiger partial charge in [-0.05, 0) is 35.9 Å². The molecule has 0 aromatic heterocycles. The number of hydrogen-bond donors (Lipinski definition) is 1. The van der Waals surface area contributed by atoms with Crippen LogP contribution in [0.3, 0.4) is 0 Å². The summed E-state index contributed by atoms with van der Waals surface area (Å²) in [6, 6.07) is 9.20. The molecule has 0 saturated heterocycles. The largest absolute Gasteiger partial charge is 0.485 e. The average Bonchev–Trinajstić information content (AvgIpc) is 2.42. The van der Waals surface area contributed by atoms with Gasteiger partial charge in [-0.2, -0.15) is 0 Å². The van der Waals surface area contributed by atoms with Crippen LogP contribution in [0.2, 0.25) is 0 Å². The van der Waals surface area contributed by atoms with Gasteiger partial charge in [0.2, 0.25) is 0 Å². The molecule has 2 aromatic rings. The third kappa shape index (κ3) is 2.43. The number of hydrogen-bond acceptors (Lipinski definition) is 2. The van der Waals surface area contributed by atoms with Crippen molar-refractivity contribution in [1.82, 2.24) is 0 Å². The zero-order valence-electron chi connectivity index (χ0n) is 10.4. The van der Waals surface area contributed by atoms with E-state index in [1.807, 2.05) is 18.2 Å². The Labute approximate surface area is 123 Å². The van der Waals surface area contributed by atoms with Gasteiger partial charge in [0.15, 0.2) is 11.6 Å². The van der Waals surface area contributed by atoms with Crippen LogP contribution in [0.5, 0.6) is 5.75 Å². The Morgan fingerprint density at radius 1 is 1.10 bits per heavy atom. The molecule has 104 valence electrons. The van der Waals surface area contributed by atoms with Gasteiger partial charge >= 0.3 is 0 Å². The summed E-state index contributed by atoms with van der Waals surface area (Å²) >= 11 is 3.39. The molecular weight excluding hydrogens is 328 g/mol. The summed E-state index contributed by atoms with van der Waals surface area (Å²) in [7, 11) is 0. The molecule has 0 spiro atoms. The molecule has 0 bridgehead atoms. The van der Waals surface area contributed by atoms with Gasteiger partial charge in [-0.15, -0.1) is 0 Å². The first-order valence-corrected chi connectivity index (χ1v) is 7.00. The second-order valence-electron chi connectivity index (χ2n) is 4.80. The summed E-state index contributed by atoms with van der Waals surface area (Å²) < 4.78 is 33.1. The van der Waals surface area contributed by atoms with Gasteiger partial charge in [0.05, 0.1) is 0 Å². The molecule has 1 unspecified atom stereocenters. The van der Waals surface area contributed by atoms with Crippen molar-refractivity contribution in [2.75, 3.05) is 0 Å². The van der Waals surface area contributed by atoms with Gasteiger partial charge in [0.1, 0.15) is 11.9 Å². The van der Waals surface area contributed by atoms with E-state index in [0.29, 0.717) is 17.7 Å². The Kier molecular flexibility index (Phi) is 3.48. The zero-order valence-corrected chi connectivity index (χ0v) is 12.0. The monoisotopic (exact) mass is 339 g/mol. The van der Waals surface area contributed by atoms with Gasteiger partial charge < -0.3 is 10.5 Å². The van der Waals surface area contributed by atoms with Crippen LogP contribution in [0.25, 0.3) is 0 Å². The van der Waals surface area contributed by atoms with Crippen LogP contribution in [-0.2, 0) is 0 Å². The topological polar surface area (TPSA) is 35.2 Å². The Bertz CT molecular complexity index is 662. The highest BCUT2D eigenvalue weighted by atomic mass is 79.9. The molecule has 20 heavy (non-hydrogen) atoms. The summed E-state index contributed by atoms with van der Waals surface area (Å²) in [5.74, 6) is -1.05. The third-order valence-corrected chi connectivity index (χ3v) is 3.92. The average molecular weight is 340 g/mol. The summed E-state index contributed by atoms with van der Waals surface area (Å²) in [6.45, 7) is 0. The Balaban J connectivity index is 1.94. The van der Waals surface area contributed by atoms with E-state index in [0.717, 1.165) is 22.2 Å². The predicted molar refractivity (Wildman–Crippen MR) is 75.4 cm³/mol. The van der Waals surface area contributed by atoms with Crippen molar-refractivity contribution in [3.05, 3.63) is 63.6 Å². The fourth-order valence-electron chi connectivity index (χ4n) is 2.39. The molecule has 0 fully saturated rings. The molecule has 0 aliphatic carbocycles. The zero-order chi connectivity index (χ0) is 14.3. The maximum atomic E-state index is 13.3. The molecule has 1 aliphatic heterocycles. The van der Waals surface area contributed by atoms with Crippen LogP contribution in [0.15, 0.2) is 40.9 Å². The van der Waals surface area contributed by atoms with Crippen LogP contribution < -0.4 is 10.5 Å². The Morgan fingerprint density at radius 2 is 1.90 bits per heavy atom. The quantitative estimate of drug-likeness (QED) is 0.842. The molecule has 0 amide bonds. The highest BCUT2D eigenvalue weighted by Crippen LogP contribution is 2.40. The maximum absolute atomic E-state index is 13.3. The maximum Gasteiger partial charge on any atom is 0.159 e. The van der Waals surface area contributed by atoms with E-state index in [2.05, 4.69) is 15.9 Å². The van der Waals surface area contributed by atoms with E-state index >= 15 is 0 Å². The van der Waals surface area contributed by atoms with Crippen molar-refractivity contribution >= 4 is 15.9 Å². The molecule has 2 N–H and O–H groups in total. The highest BCUT2D eigenvalue weighted by Gasteiger charge is 2.27. The molecule has 2 nitrogen and oxygen atoms in total. The van der Waals surface area contributed by atoms with Crippen molar-refractivity contribution < 1.29 is 13.5 Å². The number of halogens is 3. The molecule has 1 heterocycles. The second-order valence-corrected chi connectivity index (χ2v) is 5.72. The molecule has 1 aliphatic rings. The van der Waals surface area contributed by atoms with E-state index in [4.69, 9.17) is 10.5 Å². The number of fused-ring (bicyclic) bond motifs is 1. The van der Waals surface area contributed by atoms with Crippen LogP contribution in [-0.4, -0.2) is 0 Å². The van der Waals surface area contributed by atoms with Crippen LogP contribution in [0.1, 0.15) is 29.7 Å². The molecule has 2 atom stereocenters. The van der Waals surface area contributed by atoms with Gasteiger partial charge in [-0.1, -0.05) is 22.0 Å². The van der Waals surface area contributed by atoms with Crippen LogP contribution >= 0.6 is 15.9 Å². The number of rotatable bonds is 1. The van der Waals surface area contributed by atoms with Crippen molar-refractivity contribution in [1.29, 1.82) is 0 Å². The number of ether oxygens (including phenoxy) is 1.